The van der Waals surface area contributed by atoms with Crippen LogP contribution in [-0.2, 0) is 4.74 Å². The van der Waals surface area contributed by atoms with E-state index < -0.39 is 6.09 Å². The lowest BCUT2D eigenvalue weighted by atomic mass is 9.75. The van der Waals surface area contributed by atoms with E-state index in [1.165, 1.54) is 6.07 Å². The van der Waals surface area contributed by atoms with E-state index in [9.17, 15) is 9.18 Å². The molecule has 0 aromatic heterocycles. The van der Waals surface area contributed by atoms with Crippen LogP contribution in [0.15, 0.2) is 24.3 Å². The largest absolute Gasteiger partial charge is 0.448 e. The first-order valence-corrected chi connectivity index (χ1v) is 6.07. The Kier molecular flexibility index (Phi) is 4.15. The van der Waals surface area contributed by atoms with Crippen LogP contribution >= 0.6 is 0 Å². The number of benzene rings is 1. The molecule has 18 heavy (non-hydrogen) atoms. The molecule has 98 valence electrons. The summed E-state index contributed by atoms with van der Waals surface area (Å²) in [4.78, 5) is 10.3. The van der Waals surface area contributed by atoms with Crippen LogP contribution < -0.4 is 11.1 Å². The lowest BCUT2D eigenvalue weighted by molar-refractivity contribution is 0.152. The van der Waals surface area contributed by atoms with Crippen LogP contribution in [0.1, 0.15) is 24.3 Å². The van der Waals surface area contributed by atoms with Gasteiger partial charge in [-0.15, -0.1) is 0 Å². The maximum Gasteiger partial charge on any atom is 0.404 e. The van der Waals surface area contributed by atoms with Gasteiger partial charge in [-0.25, -0.2) is 9.18 Å². The smallest absolute Gasteiger partial charge is 0.404 e. The first kappa shape index (κ1) is 12.8. The van der Waals surface area contributed by atoms with Crippen molar-refractivity contribution in [2.75, 3.05) is 13.2 Å². The summed E-state index contributed by atoms with van der Waals surface area (Å²) >= 11 is 0. The summed E-state index contributed by atoms with van der Waals surface area (Å²) in [6.45, 7) is 0.855. The molecule has 4 nitrogen and oxygen atoms in total. The summed E-state index contributed by atoms with van der Waals surface area (Å²) in [5.41, 5.74) is 5.64. The Morgan fingerprint density at radius 1 is 1.44 bits per heavy atom. The van der Waals surface area contributed by atoms with Crippen LogP contribution in [0.2, 0.25) is 0 Å². The van der Waals surface area contributed by atoms with E-state index in [1.54, 1.807) is 6.07 Å². The Hall–Kier alpha value is -1.62. The number of amides is 1. The topological polar surface area (TPSA) is 64.4 Å². The summed E-state index contributed by atoms with van der Waals surface area (Å²) in [6.07, 6.45) is 1.07. The zero-order chi connectivity index (χ0) is 13.0. The van der Waals surface area contributed by atoms with Gasteiger partial charge in [0, 0.05) is 12.6 Å². The van der Waals surface area contributed by atoms with Crippen molar-refractivity contribution in [1.29, 1.82) is 0 Å². The van der Waals surface area contributed by atoms with Gasteiger partial charge >= 0.3 is 6.09 Å². The highest BCUT2D eigenvalue weighted by molar-refractivity contribution is 5.64. The van der Waals surface area contributed by atoms with Crippen molar-refractivity contribution in [2.45, 2.75) is 24.8 Å². The summed E-state index contributed by atoms with van der Waals surface area (Å²) in [5.74, 6) is 0.166. The van der Waals surface area contributed by atoms with Crippen LogP contribution in [0.5, 0.6) is 0 Å². The quantitative estimate of drug-likeness (QED) is 0.785. The van der Waals surface area contributed by atoms with Crippen molar-refractivity contribution >= 4 is 6.09 Å². The molecule has 0 unspecified atom stereocenters. The van der Waals surface area contributed by atoms with Gasteiger partial charge < -0.3 is 15.8 Å². The van der Waals surface area contributed by atoms with Crippen molar-refractivity contribution in [2.24, 2.45) is 5.73 Å². The van der Waals surface area contributed by atoms with Crippen LogP contribution in [0.4, 0.5) is 9.18 Å². The Morgan fingerprint density at radius 3 is 2.83 bits per heavy atom. The zero-order valence-electron chi connectivity index (χ0n) is 10.1. The Bertz CT molecular complexity index is 419. The predicted octanol–water partition coefficient (Wildman–Crippen LogP) is 1.76. The fraction of sp³-hybridized carbons (Fsp3) is 0.462. The van der Waals surface area contributed by atoms with Gasteiger partial charge in [0.15, 0.2) is 0 Å². The minimum absolute atomic E-state index is 0.127. The maximum absolute atomic E-state index is 13.5. The first-order chi connectivity index (χ1) is 8.66. The number of primary amides is 1. The van der Waals surface area contributed by atoms with Crippen molar-refractivity contribution in [1.82, 2.24) is 5.32 Å². The van der Waals surface area contributed by atoms with Crippen molar-refractivity contribution in [3.63, 3.8) is 0 Å². The van der Waals surface area contributed by atoms with Crippen LogP contribution in [0.25, 0.3) is 0 Å². The van der Waals surface area contributed by atoms with Gasteiger partial charge in [-0.3, -0.25) is 0 Å². The second-order valence-electron chi connectivity index (χ2n) is 4.51. The monoisotopic (exact) mass is 252 g/mol. The highest BCUT2D eigenvalue weighted by Crippen LogP contribution is 2.37. The summed E-state index contributed by atoms with van der Waals surface area (Å²) in [7, 11) is 0. The minimum Gasteiger partial charge on any atom is -0.448 e. The molecule has 5 heteroatoms. The van der Waals surface area contributed by atoms with E-state index in [1.807, 2.05) is 12.1 Å². The molecular formula is C13H17FN2O2. The van der Waals surface area contributed by atoms with Crippen LogP contribution in [0, 0.1) is 5.82 Å². The van der Waals surface area contributed by atoms with E-state index in [0.717, 1.165) is 18.4 Å². The molecule has 1 fully saturated rings. The molecule has 3 N–H and O–H groups in total. The Balaban J connectivity index is 1.68. The molecule has 0 atom stereocenters. The van der Waals surface area contributed by atoms with Crippen LogP contribution in [0.3, 0.4) is 0 Å². The van der Waals surface area contributed by atoms with E-state index in [4.69, 9.17) is 5.73 Å². The molecule has 1 aliphatic carbocycles. The van der Waals surface area contributed by atoms with E-state index in [0.29, 0.717) is 18.5 Å². The molecule has 0 heterocycles. The molecule has 0 radical (unpaired) electrons. The molecule has 0 aliphatic heterocycles. The summed E-state index contributed by atoms with van der Waals surface area (Å²) in [5, 5.41) is 3.24. The van der Waals surface area contributed by atoms with E-state index in [2.05, 4.69) is 10.1 Å². The Labute approximate surface area is 105 Å². The summed E-state index contributed by atoms with van der Waals surface area (Å²) in [6, 6.07) is 7.27. The van der Waals surface area contributed by atoms with Crippen LogP contribution in [-0.4, -0.2) is 25.3 Å². The fourth-order valence-electron chi connectivity index (χ4n) is 2.26. The van der Waals surface area contributed by atoms with E-state index in [-0.39, 0.29) is 12.4 Å². The highest BCUT2D eigenvalue weighted by atomic mass is 19.1. The Morgan fingerprint density at radius 2 is 2.17 bits per heavy atom. The van der Waals surface area contributed by atoms with Crippen molar-refractivity contribution < 1.29 is 13.9 Å². The maximum atomic E-state index is 13.5. The number of halogens is 1. The molecule has 2 rings (SSSR count). The number of nitrogens with one attached hydrogen (secondary N) is 1. The third-order valence-corrected chi connectivity index (χ3v) is 3.26. The number of carbonyl (C=O) groups excluding carboxylic acids is 1. The zero-order valence-corrected chi connectivity index (χ0v) is 10.1. The number of nitrogens with two attached hydrogens (primary N) is 1. The third kappa shape index (κ3) is 3.20. The number of carbonyl (C=O) groups is 1. The number of hydrogen-bond donors (Lipinski definition) is 2. The van der Waals surface area contributed by atoms with Gasteiger partial charge in [-0.05, 0) is 30.4 Å². The predicted molar refractivity (Wildman–Crippen MR) is 65.7 cm³/mol. The molecule has 1 amide bonds. The normalized spacial score (nSPS) is 22.3. The van der Waals surface area contributed by atoms with Gasteiger partial charge in [0.1, 0.15) is 12.4 Å². The molecule has 0 spiro atoms. The van der Waals surface area contributed by atoms with Crippen molar-refractivity contribution in [3.05, 3.63) is 35.6 Å². The van der Waals surface area contributed by atoms with E-state index >= 15 is 0 Å². The molecule has 0 saturated heterocycles. The SMILES string of the molecule is NC(=O)OCCNC1CC(c2ccccc2F)C1. The molecule has 1 saturated carbocycles. The third-order valence-electron chi connectivity index (χ3n) is 3.26. The van der Waals surface area contributed by atoms with Gasteiger partial charge in [-0.2, -0.15) is 0 Å². The minimum atomic E-state index is -0.755. The second kappa shape index (κ2) is 5.82. The molecule has 1 aromatic rings. The fourth-order valence-corrected chi connectivity index (χ4v) is 2.26. The average molecular weight is 252 g/mol. The average Bonchev–Trinajstić information content (AvgIpc) is 2.28. The lowest BCUT2D eigenvalue weighted by Crippen LogP contribution is -2.42. The standard InChI is InChI=1S/C13H17FN2O2/c14-12-4-2-1-3-11(12)9-7-10(8-9)16-5-6-18-13(15)17/h1-4,9-10,16H,5-8H2,(H2,15,17). The second-order valence-corrected chi connectivity index (χ2v) is 4.51. The number of rotatable bonds is 5. The molecular weight excluding hydrogens is 235 g/mol. The van der Waals surface area contributed by atoms with Gasteiger partial charge in [-0.1, -0.05) is 18.2 Å². The van der Waals surface area contributed by atoms with Gasteiger partial charge in [0.25, 0.3) is 0 Å². The number of hydrogen-bond acceptors (Lipinski definition) is 3. The number of ether oxygens (including phenoxy) is 1. The molecule has 1 aliphatic rings. The molecule has 0 bridgehead atoms. The first-order valence-electron chi connectivity index (χ1n) is 6.07. The van der Waals surface area contributed by atoms with Gasteiger partial charge in [0.2, 0.25) is 0 Å². The van der Waals surface area contributed by atoms with Crippen molar-refractivity contribution in [3.8, 4) is 0 Å². The summed E-state index contributed by atoms with van der Waals surface area (Å²) < 4.78 is 18.1. The van der Waals surface area contributed by atoms with Gasteiger partial charge in [0.05, 0.1) is 0 Å². The lowest BCUT2D eigenvalue weighted by Gasteiger charge is -2.36. The highest BCUT2D eigenvalue weighted by Gasteiger charge is 2.31. The molecule has 1 aromatic carbocycles.